The summed E-state index contributed by atoms with van der Waals surface area (Å²) in [5.41, 5.74) is 1.35. The van der Waals surface area contributed by atoms with Crippen molar-refractivity contribution in [1.82, 2.24) is 0 Å². The van der Waals surface area contributed by atoms with E-state index in [-0.39, 0.29) is 5.97 Å². The number of ether oxygens (including phenoxy) is 1. The van der Waals surface area contributed by atoms with Gasteiger partial charge in [-0.05, 0) is 42.4 Å². The highest BCUT2D eigenvalue weighted by molar-refractivity contribution is 9.10. The molecule has 0 spiro atoms. The molecule has 0 heterocycles. The van der Waals surface area contributed by atoms with Crippen LogP contribution in [0.25, 0.3) is 0 Å². The molecule has 1 aromatic rings. The van der Waals surface area contributed by atoms with Crippen LogP contribution in [0, 0.1) is 11.8 Å². The average molecular weight is 283 g/mol. The van der Waals surface area contributed by atoms with Crippen LogP contribution in [0.2, 0.25) is 0 Å². The Morgan fingerprint density at radius 2 is 2.06 bits per heavy atom. The maximum atomic E-state index is 11.1. The Balaban J connectivity index is 1.80. The number of hydrogen-bond donors (Lipinski definition) is 0. The third-order valence-corrected chi connectivity index (χ3v) is 3.67. The first kappa shape index (κ1) is 11.6. The Bertz CT molecular complexity index is 372. The molecular weight excluding hydrogens is 268 g/mol. The lowest BCUT2D eigenvalue weighted by Gasteiger charge is -2.01. The quantitative estimate of drug-likeness (QED) is 0.793. The SMILES string of the molecule is COC(=O)CC1CC1Cc1ccc(Br)cc1. The first-order chi connectivity index (χ1) is 7.69. The first-order valence-corrected chi connectivity index (χ1v) is 6.29. The van der Waals surface area contributed by atoms with E-state index in [1.54, 1.807) is 0 Å². The van der Waals surface area contributed by atoms with Gasteiger partial charge < -0.3 is 4.74 Å². The number of carbonyl (C=O) groups is 1. The van der Waals surface area contributed by atoms with Crippen LogP contribution in [-0.4, -0.2) is 13.1 Å². The Morgan fingerprint density at radius 1 is 1.38 bits per heavy atom. The molecule has 2 rings (SSSR count). The summed E-state index contributed by atoms with van der Waals surface area (Å²) in [6.07, 6.45) is 2.82. The summed E-state index contributed by atoms with van der Waals surface area (Å²) < 4.78 is 5.78. The molecule has 2 nitrogen and oxygen atoms in total. The minimum Gasteiger partial charge on any atom is -0.469 e. The lowest BCUT2D eigenvalue weighted by molar-refractivity contribution is -0.141. The third-order valence-electron chi connectivity index (χ3n) is 3.14. The average Bonchev–Trinajstić information content (AvgIpc) is 3.00. The molecule has 0 aliphatic heterocycles. The molecule has 0 N–H and O–H groups in total. The summed E-state index contributed by atoms with van der Waals surface area (Å²) in [4.78, 5) is 11.1. The zero-order valence-corrected chi connectivity index (χ0v) is 10.9. The van der Waals surface area contributed by atoms with Crippen molar-refractivity contribution in [3.8, 4) is 0 Å². The Hall–Kier alpha value is -0.830. The van der Waals surface area contributed by atoms with Crippen LogP contribution in [0.3, 0.4) is 0 Å². The molecule has 2 unspecified atom stereocenters. The molecule has 2 atom stereocenters. The number of rotatable bonds is 4. The standard InChI is InChI=1S/C13H15BrO2/c1-16-13(15)8-11-7-10(11)6-9-2-4-12(14)5-3-9/h2-5,10-11H,6-8H2,1H3. The second-order valence-corrected chi connectivity index (χ2v) is 5.28. The van der Waals surface area contributed by atoms with Crippen LogP contribution in [0.5, 0.6) is 0 Å². The van der Waals surface area contributed by atoms with E-state index in [2.05, 4.69) is 44.9 Å². The fourth-order valence-electron chi connectivity index (χ4n) is 2.03. The molecule has 1 aromatic carbocycles. The van der Waals surface area contributed by atoms with Crippen molar-refractivity contribution in [3.05, 3.63) is 34.3 Å². The summed E-state index contributed by atoms with van der Waals surface area (Å²) in [7, 11) is 1.45. The van der Waals surface area contributed by atoms with Gasteiger partial charge in [-0.25, -0.2) is 0 Å². The highest BCUT2D eigenvalue weighted by atomic mass is 79.9. The van der Waals surface area contributed by atoms with Crippen LogP contribution in [0.15, 0.2) is 28.7 Å². The predicted octanol–water partition coefficient (Wildman–Crippen LogP) is 3.19. The third kappa shape index (κ3) is 3.08. The Morgan fingerprint density at radius 3 is 2.69 bits per heavy atom. The largest absolute Gasteiger partial charge is 0.469 e. The number of halogens is 1. The maximum Gasteiger partial charge on any atom is 0.305 e. The molecule has 1 aliphatic carbocycles. The van der Waals surface area contributed by atoms with E-state index < -0.39 is 0 Å². The minimum absolute atomic E-state index is 0.0803. The summed E-state index contributed by atoms with van der Waals surface area (Å²) in [5, 5.41) is 0. The van der Waals surface area contributed by atoms with E-state index in [1.165, 1.54) is 12.7 Å². The Labute approximate surface area is 104 Å². The smallest absolute Gasteiger partial charge is 0.305 e. The Kier molecular flexibility index (Phi) is 3.64. The van der Waals surface area contributed by atoms with Crippen molar-refractivity contribution >= 4 is 21.9 Å². The number of benzene rings is 1. The van der Waals surface area contributed by atoms with E-state index in [9.17, 15) is 4.79 Å². The monoisotopic (exact) mass is 282 g/mol. The molecule has 86 valence electrons. The molecule has 1 aliphatic rings. The molecule has 3 heteroatoms. The van der Waals surface area contributed by atoms with Crippen molar-refractivity contribution < 1.29 is 9.53 Å². The van der Waals surface area contributed by atoms with Crippen LogP contribution < -0.4 is 0 Å². The van der Waals surface area contributed by atoms with E-state index in [0.29, 0.717) is 18.3 Å². The van der Waals surface area contributed by atoms with Gasteiger partial charge in [0, 0.05) is 10.9 Å². The zero-order valence-electron chi connectivity index (χ0n) is 9.28. The van der Waals surface area contributed by atoms with Gasteiger partial charge in [0.2, 0.25) is 0 Å². The first-order valence-electron chi connectivity index (χ1n) is 5.50. The lowest BCUT2D eigenvalue weighted by atomic mass is 10.1. The molecule has 0 saturated heterocycles. The number of hydrogen-bond acceptors (Lipinski definition) is 2. The van der Waals surface area contributed by atoms with Gasteiger partial charge in [0.15, 0.2) is 0 Å². The van der Waals surface area contributed by atoms with E-state index in [0.717, 1.165) is 17.3 Å². The van der Waals surface area contributed by atoms with Gasteiger partial charge in [0.05, 0.1) is 7.11 Å². The van der Waals surface area contributed by atoms with Crippen molar-refractivity contribution in [3.63, 3.8) is 0 Å². The normalized spacial score (nSPS) is 22.9. The van der Waals surface area contributed by atoms with Crippen LogP contribution in [0.1, 0.15) is 18.4 Å². The molecule has 16 heavy (non-hydrogen) atoms. The van der Waals surface area contributed by atoms with Crippen molar-refractivity contribution in [2.24, 2.45) is 11.8 Å². The van der Waals surface area contributed by atoms with Crippen molar-refractivity contribution in [2.75, 3.05) is 7.11 Å². The van der Waals surface area contributed by atoms with Gasteiger partial charge in [-0.3, -0.25) is 4.79 Å². The summed E-state index contributed by atoms with van der Waals surface area (Å²) in [5.74, 6) is 1.12. The predicted molar refractivity (Wildman–Crippen MR) is 66.1 cm³/mol. The van der Waals surface area contributed by atoms with Crippen molar-refractivity contribution in [1.29, 1.82) is 0 Å². The topological polar surface area (TPSA) is 26.3 Å². The fraction of sp³-hybridized carbons (Fsp3) is 0.462. The molecule has 0 aromatic heterocycles. The van der Waals surface area contributed by atoms with Gasteiger partial charge in [-0.1, -0.05) is 28.1 Å². The summed E-state index contributed by atoms with van der Waals surface area (Å²) >= 11 is 3.42. The van der Waals surface area contributed by atoms with E-state index in [1.807, 2.05) is 0 Å². The van der Waals surface area contributed by atoms with Gasteiger partial charge in [-0.2, -0.15) is 0 Å². The highest BCUT2D eigenvalue weighted by Gasteiger charge is 2.38. The second kappa shape index (κ2) is 5.00. The fourth-order valence-corrected chi connectivity index (χ4v) is 2.30. The second-order valence-electron chi connectivity index (χ2n) is 4.37. The molecule has 1 saturated carbocycles. The number of methoxy groups -OCH3 is 1. The maximum absolute atomic E-state index is 11.1. The lowest BCUT2D eigenvalue weighted by Crippen LogP contribution is -2.02. The van der Waals surface area contributed by atoms with Crippen LogP contribution in [0.4, 0.5) is 0 Å². The number of esters is 1. The van der Waals surface area contributed by atoms with E-state index >= 15 is 0 Å². The summed E-state index contributed by atoms with van der Waals surface area (Å²) in [6.45, 7) is 0. The minimum atomic E-state index is -0.0803. The van der Waals surface area contributed by atoms with Crippen LogP contribution in [-0.2, 0) is 16.0 Å². The summed E-state index contributed by atoms with van der Waals surface area (Å²) in [6, 6.07) is 8.40. The molecule has 0 radical (unpaired) electrons. The molecule has 1 fully saturated rings. The molecule has 0 bridgehead atoms. The molecular formula is C13H15BrO2. The highest BCUT2D eigenvalue weighted by Crippen LogP contribution is 2.43. The van der Waals surface area contributed by atoms with Gasteiger partial charge in [-0.15, -0.1) is 0 Å². The molecule has 0 amide bonds. The van der Waals surface area contributed by atoms with Gasteiger partial charge in [0.1, 0.15) is 0 Å². The van der Waals surface area contributed by atoms with Crippen LogP contribution >= 0.6 is 15.9 Å². The van der Waals surface area contributed by atoms with Gasteiger partial charge >= 0.3 is 5.97 Å². The van der Waals surface area contributed by atoms with E-state index in [4.69, 9.17) is 0 Å². The zero-order chi connectivity index (χ0) is 11.5. The van der Waals surface area contributed by atoms with Gasteiger partial charge in [0.25, 0.3) is 0 Å². The van der Waals surface area contributed by atoms with Crippen molar-refractivity contribution in [2.45, 2.75) is 19.3 Å². The number of carbonyl (C=O) groups excluding carboxylic acids is 1.